The highest BCUT2D eigenvalue weighted by Gasteiger charge is 2.07. The molecular weight excluding hydrogens is 274 g/mol. The first-order valence-corrected chi connectivity index (χ1v) is 5.49. The average Bonchev–Trinajstić information content (AvgIpc) is 2.46. The van der Waals surface area contributed by atoms with Crippen LogP contribution in [0.15, 0.2) is 16.6 Å². The lowest BCUT2D eigenvalue weighted by Crippen LogP contribution is -1.82. The fraction of sp³-hybridized carbons (Fsp3) is 0.125. The Labute approximate surface area is 92.6 Å². The number of hydrogen-bond acceptors (Lipinski definition) is 3. The monoisotopic (exact) mass is 277 g/mol. The van der Waals surface area contributed by atoms with Crippen LogP contribution in [0.1, 0.15) is 0 Å². The van der Waals surface area contributed by atoms with Crippen molar-refractivity contribution in [1.29, 1.82) is 0 Å². The quantitative estimate of drug-likeness (QED) is 0.793. The Morgan fingerprint density at radius 1 is 1.54 bits per heavy atom. The van der Waals surface area contributed by atoms with Gasteiger partial charge in [-0.15, -0.1) is 11.3 Å². The number of ether oxygens (including phenoxy) is 1. The van der Waals surface area contributed by atoms with Crippen molar-refractivity contribution in [1.82, 2.24) is 4.98 Å². The van der Waals surface area contributed by atoms with E-state index in [1.807, 2.05) is 12.1 Å². The van der Waals surface area contributed by atoms with Crippen LogP contribution in [0, 0.1) is 0 Å². The summed E-state index contributed by atoms with van der Waals surface area (Å²) < 4.78 is 7.60. The fourth-order valence-corrected chi connectivity index (χ4v) is 2.79. The largest absolute Gasteiger partial charge is 0.497 e. The highest BCUT2D eigenvalue weighted by molar-refractivity contribution is 9.10. The van der Waals surface area contributed by atoms with Gasteiger partial charge >= 0.3 is 0 Å². The molecule has 0 saturated heterocycles. The molecule has 0 aliphatic rings. The molecule has 1 aromatic carbocycles. The fourth-order valence-electron chi connectivity index (χ4n) is 1.06. The van der Waals surface area contributed by atoms with Crippen LogP contribution in [-0.4, -0.2) is 12.1 Å². The van der Waals surface area contributed by atoms with E-state index >= 15 is 0 Å². The van der Waals surface area contributed by atoms with E-state index in [1.54, 1.807) is 7.11 Å². The zero-order valence-electron chi connectivity index (χ0n) is 6.67. The summed E-state index contributed by atoms with van der Waals surface area (Å²) in [6.07, 6.45) is 0. The summed E-state index contributed by atoms with van der Waals surface area (Å²) in [5, 5.41) is 0. The van der Waals surface area contributed by atoms with Crippen molar-refractivity contribution >= 4 is 49.1 Å². The molecule has 0 saturated carbocycles. The molecular formula is C8H5BrClNOS. The van der Waals surface area contributed by atoms with Crippen molar-refractivity contribution in [3.05, 3.63) is 21.1 Å². The van der Waals surface area contributed by atoms with Gasteiger partial charge in [0, 0.05) is 4.47 Å². The molecule has 0 fully saturated rings. The number of methoxy groups -OCH3 is 1. The topological polar surface area (TPSA) is 22.1 Å². The second-order valence-corrected chi connectivity index (χ2v) is 4.89. The molecule has 0 aliphatic heterocycles. The first-order chi connectivity index (χ1) is 6.20. The number of hydrogen-bond donors (Lipinski definition) is 0. The molecule has 1 aromatic heterocycles. The summed E-state index contributed by atoms with van der Waals surface area (Å²) in [7, 11) is 1.64. The van der Waals surface area contributed by atoms with Crippen LogP contribution in [0.4, 0.5) is 0 Å². The van der Waals surface area contributed by atoms with Gasteiger partial charge in [-0.1, -0.05) is 11.6 Å². The number of fused-ring (bicyclic) bond motifs is 1. The molecule has 0 amide bonds. The lowest BCUT2D eigenvalue weighted by molar-refractivity contribution is 0.415. The SMILES string of the molecule is COc1cc(Br)c2nc(Cl)sc2c1. The van der Waals surface area contributed by atoms with Crippen LogP contribution < -0.4 is 4.74 Å². The number of rotatable bonds is 1. The van der Waals surface area contributed by atoms with Crippen LogP contribution >= 0.6 is 38.9 Å². The number of aromatic nitrogens is 1. The maximum absolute atomic E-state index is 5.80. The number of thiazole rings is 1. The minimum atomic E-state index is 0.545. The zero-order valence-corrected chi connectivity index (χ0v) is 9.83. The molecule has 5 heteroatoms. The zero-order chi connectivity index (χ0) is 9.42. The maximum atomic E-state index is 5.80. The van der Waals surface area contributed by atoms with E-state index in [0.717, 1.165) is 20.4 Å². The minimum Gasteiger partial charge on any atom is -0.497 e. The normalized spacial score (nSPS) is 10.7. The molecule has 2 nitrogen and oxygen atoms in total. The van der Waals surface area contributed by atoms with Gasteiger partial charge in [-0.25, -0.2) is 4.98 Å². The molecule has 0 spiro atoms. The summed E-state index contributed by atoms with van der Waals surface area (Å²) in [4.78, 5) is 4.17. The summed E-state index contributed by atoms with van der Waals surface area (Å²) in [6, 6.07) is 3.79. The highest BCUT2D eigenvalue weighted by atomic mass is 79.9. The van der Waals surface area contributed by atoms with Gasteiger partial charge < -0.3 is 4.74 Å². The second kappa shape index (κ2) is 3.44. The van der Waals surface area contributed by atoms with Gasteiger partial charge in [-0.3, -0.25) is 0 Å². The smallest absolute Gasteiger partial charge is 0.184 e. The first kappa shape index (κ1) is 9.24. The van der Waals surface area contributed by atoms with Crippen LogP contribution in [0.2, 0.25) is 4.47 Å². The molecule has 0 aliphatic carbocycles. The molecule has 0 N–H and O–H groups in total. The van der Waals surface area contributed by atoms with Crippen molar-refractivity contribution < 1.29 is 4.74 Å². The molecule has 0 bridgehead atoms. The van der Waals surface area contributed by atoms with E-state index in [9.17, 15) is 0 Å². The molecule has 68 valence electrons. The summed E-state index contributed by atoms with van der Waals surface area (Å²) in [6.45, 7) is 0. The summed E-state index contributed by atoms with van der Waals surface area (Å²) in [5.74, 6) is 0.805. The third kappa shape index (κ3) is 1.66. The van der Waals surface area contributed by atoms with Crippen molar-refractivity contribution in [2.75, 3.05) is 7.11 Å². The van der Waals surface area contributed by atoms with Gasteiger partial charge in [0.25, 0.3) is 0 Å². The van der Waals surface area contributed by atoms with E-state index in [0.29, 0.717) is 4.47 Å². The molecule has 0 radical (unpaired) electrons. The molecule has 13 heavy (non-hydrogen) atoms. The minimum absolute atomic E-state index is 0.545. The van der Waals surface area contributed by atoms with Gasteiger partial charge in [-0.05, 0) is 28.1 Å². The Morgan fingerprint density at radius 3 is 3.00 bits per heavy atom. The Bertz CT molecular complexity index is 457. The van der Waals surface area contributed by atoms with Crippen LogP contribution in [0.5, 0.6) is 5.75 Å². The maximum Gasteiger partial charge on any atom is 0.184 e. The van der Waals surface area contributed by atoms with Crippen LogP contribution in [0.3, 0.4) is 0 Å². The van der Waals surface area contributed by atoms with E-state index < -0.39 is 0 Å². The van der Waals surface area contributed by atoms with Crippen molar-refractivity contribution in [2.24, 2.45) is 0 Å². The third-order valence-electron chi connectivity index (χ3n) is 1.63. The summed E-state index contributed by atoms with van der Waals surface area (Å²) >= 11 is 10.6. The third-order valence-corrected chi connectivity index (χ3v) is 3.34. The Hall–Kier alpha value is -0.320. The number of halogens is 2. The highest BCUT2D eigenvalue weighted by Crippen LogP contribution is 2.34. The average molecular weight is 279 g/mol. The first-order valence-electron chi connectivity index (χ1n) is 3.50. The summed E-state index contributed by atoms with van der Waals surface area (Å²) in [5.41, 5.74) is 0.885. The Kier molecular flexibility index (Phi) is 2.45. The molecule has 2 aromatic rings. The van der Waals surface area contributed by atoms with E-state index in [-0.39, 0.29) is 0 Å². The van der Waals surface area contributed by atoms with Crippen LogP contribution in [-0.2, 0) is 0 Å². The molecule has 0 unspecified atom stereocenters. The predicted octanol–water partition coefficient (Wildman–Crippen LogP) is 3.72. The van der Waals surface area contributed by atoms with E-state index in [4.69, 9.17) is 16.3 Å². The van der Waals surface area contributed by atoms with Gasteiger partial charge in [0.15, 0.2) is 4.47 Å². The Balaban J connectivity index is 2.75. The second-order valence-electron chi connectivity index (χ2n) is 2.42. The predicted molar refractivity (Wildman–Crippen MR) is 58.9 cm³/mol. The van der Waals surface area contributed by atoms with E-state index in [1.165, 1.54) is 11.3 Å². The standard InChI is InChI=1S/C8H5BrClNOS/c1-12-4-2-5(9)7-6(3-4)13-8(10)11-7/h2-3H,1H3. The van der Waals surface area contributed by atoms with Crippen LogP contribution in [0.25, 0.3) is 10.2 Å². The lowest BCUT2D eigenvalue weighted by atomic mass is 10.3. The van der Waals surface area contributed by atoms with Gasteiger partial charge in [-0.2, -0.15) is 0 Å². The Morgan fingerprint density at radius 2 is 2.31 bits per heavy atom. The van der Waals surface area contributed by atoms with Gasteiger partial charge in [0.05, 0.1) is 17.3 Å². The van der Waals surface area contributed by atoms with E-state index in [2.05, 4.69) is 20.9 Å². The lowest BCUT2D eigenvalue weighted by Gasteiger charge is -1.99. The number of nitrogens with zero attached hydrogens (tertiary/aromatic N) is 1. The van der Waals surface area contributed by atoms with Crippen molar-refractivity contribution in [2.45, 2.75) is 0 Å². The molecule has 0 atom stereocenters. The van der Waals surface area contributed by atoms with Crippen molar-refractivity contribution in [3.8, 4) is 5.75 Å². The van der Waals surface area contributed by atoms with Gasteiger partial charge in [0.1, 0.15) is 5.75 Å². The molecule has 2 rings (SSSR count). The number of benzene rings is 1. The van der Waals surface area contributed by atoms with Crippen molar-refractivity contribution in [3.63, 3.8) is 0 Å². The van der Waals surface area contributed by atoms with Gasteiger partial charge in [0.2, 0.25) is 0 Å². The molecule has 1 heterocycles.